The van der Waals surface area contributed by atoms with Crippen LogP contribution in [0.2, 0.25) is 0 Å². The second kappa shape index (κ2) is 8.72. The van der Waals surface area contributed by atoms with Gasteiger partial charge >= 0.3 is 17.9 Å². The first kappa shape index (κ1) is 29.4. The third kappa shape index (κ3) is 3.20. The fraction of sp³-hybridized carbons (Fsp3) is 0.645. The summed E-state index contributed by atoms with van der Waals surface area (Å²) in [4.78, 5) is 67.0. The summed E-state index contributed by atoms with van der Waals surface area (Å²) in [5, 5.41) is 25.5. The van der Waals surface area contributed by atoms with Crippen molar-refractivity contribution in [3.05, 3.63) is 34.3 Å². The molecule has 0 radical (unpaired) electrons. The van der Waals surface area contributed by atoms with E-state index in [-0.39, 0.29) is 30.1 Å². The molecule has 11 unspecified atom stereocenters. The zero-order valence-corrected chi connectivity index (χ0v) is 25.9. The predicted molar refractivity (Wildman–Crippen MR) is 148 cm³/mol. The highest BCUT2D eigenvalue weighted by Gasteiger charge is 2.97. The third-order valence-electron chi connectivity index (χ3n) is 11.5. The maximum absolute atomic E-state index is 14.7. The van der Waals surface area contributed by atoms with Crippen LogP contribution in [0, 0.1) is 39.9 Å². The number of Topliss-reactive ketones (excluding diaryl/α,β-unsaturated/α-hetero) is 2. The van der Waals surface area contributed by atoms with Crippen LogP contribution in [0.1, 0.15) is 64.7 Å². The molecule has 5 aliphatic carbocycles. The molecule has 11 heteroatoms. The van der Waals surface area contributed by atoms with Gasteiger partial charge in [0.1, 0.15) is 29.2 Å². The lowest BCUT2D eigenvalue weighted by atomic mass is 9.23. The number of rotatable bonds is 4. The highest BCUT2D eigenvalue weighted by molar-refractivity contribution is 9.10. The smallest absolute Gasteiger partial charge is 0.338 e. The largest absolute Gasteiger partial charge is 0.458 e. The van der Waals surface area contributed by atoms with E-state index in [1.54, 1.807) is 39.8 Å². The second-order valence-electron chi connectivity index (χ2n) is 13.7. The lowest BCUT2D eigenvalue weighted by molar-refractivity contribution is -0.450. The van der Waals surface area contributed by atoms with Crippen molar-refractivity contribution >= 4 is 45.4 Å². The van der Waals surface area contributed by atoms with Gasteiger partial charge < -0.3 is 24.4 Å². The number of esters is 3. The predicted octanol–water partition coefficient (Wildman–Crippen LogP) is 2.79. The fourth-order valence-electron chi connectivity index (χ4n) is 9.78. The van der Waals surface area contributed by atoms with Gasteiger partial charge in [-0.25, -0.2) is 4.79 Å². The van der Waals surface area contributed by atoms with Gasteiger partial charge in [0.25, 0.3) is 0 Å². The van der Waals surface area contributed by atoms with Crippen molar-refractivity contribution in [2.45, 2.75) is 83.9 Å². The van der Waals surface area contributed by atoms with Crippen molar-refractivity contribution in [2.75, 3.05) is 0 Å². The van der Waals surface area contributed by atoms with Crippen LogP contribution in [-0.4, -0.2) is 69.2 Å². The molecule has 1 aromatic carbocycles. The van der Waals surface area contributed by atoms with E-state index in [9.17, 15) is 34.2 Å². The molecular weight excluding hydrogens is 612 g/mol. The molecule has 2 N–H and O–H groups in total. The number of aliphatic hydroxyl groups is 2. The molecule has 5 saturated carbocycles. The van der Waals surface area contributed by atoms with E-state index < -0.39 is 87.2 Å². The molecule has 0 amide bonds. The van der Waals surface area contributed by atoms with Gasteiger partial charge in [-0.05, 0) is 36.6 Å². The van der Waals surface area contributed by atoms with E-state index in [1.807, 2.05) is 0 Å². The van der Waals surface area contributed by atoms with Crippen LogP contribution in [0.25, 0.3) is 0 Å². The Kier molecular flexibility index (Phi) is 6.12. The second-order valence-corrected chi connectivity index (χ2v) is 14.6. The number of ether oxygens (including phenoxy) is 3. The van der Waals surface area contributed by atoms with Crippen molar-refractivity contribution in [2.24, 2.45) is 39.9 Å². The minimum absolute atomic E-state index is 0.141. The Morgan fingerprint density at radius 2 is 1.50 bits per heavy atom. The Morgan fingerprint density at radius 1 is 0.929 bits per heavy atom. The maximum Gasteiger partial charge on any atom is 0.338 e. The van der Waals surface area contributed by atoms with E-state index >= 15 is 0 Å². The number of carbonyl (C=O) groups is 5. The highest BCUT2D eigenvalue weighted by Crippen LogP contribution is 2.83. The Hall–Kier alpha value is -2.63. The molecule has 0 aliphatic heterocycles. The standard InChI is InChI=1S/C31H35BrO10/c1-13-12-29(13)24(36)20-21(42-25(37)16-7-9-17(32)10-8-16)22(40-14(2)33)23-27(4,5)19(35)11-18-28(23,6)31(20,39)30(18,38)26(29)41-15(3)34/h7-10,13,18,20-23,26,38-39H,11-12H2,1-6H3. The molecule has 0 heterocycles. The summed E-state index contributed by atoms with van der Waals surface area (Å²) in [7, 11) is 0. The van der Waals surface area contributed by atoms with Crippen LogP contribution in [0.15, 0.2) is 28.7 Å². The van der Waals surface area contributed by atoms with E-state index in [0.717, 1.165) is 4.47 Å². The number of hydrogen-bond acceptors (Lipinski definition) is 10. The Balaban J connectivity index is 1.60. The number of ketones is 2. The van der Waals surface area contributed by atoms with Gasteiger partial charge in [-0.2, -0.15) is 0 Å². The van der Waals surface area contributed by atoms with Gasteiger partial charge in [0, 0.05) is 47.4 Å². The summed E-state index contributed by atoms with van der Waals surface area (Å²) in [6.45, 7) is 9.17. The van der Waals surface area contributed by atoms with Crippen molar-refractivity contribution in [1.29, 1.82) is 0 Å². The summed E-state index contributed by atoms with van der Waals surface area (Å²) in [5.41, 5.74) is -8.26. The molecule has 0 aromatic heterocycles. The zero-order chi connectivity index (χ0) is 30.9. The SMILES string of the molecule is CC(=O)OC1C(OC(=O)c2ccc(Br)cc2)C2C(=O)C3(CC3C)C(OC(C)=O)C3(O)C4CC(=O)C(C)(C)C1C4(C)C23O. The van der Waals surface area contributed by atoms with Crippen LogP contribution in [0.4, 0.5) is 0 Å². The van der Waals surface area contributed by atoms with Crippen molar-refractivity contribution < 1.29 is 48.4 Å². The monoisotopic (exact) mass is 646 g/mol. The topological polar surface area (TPSA) is 154 Å². The first-order valence-corrected chi connectivity index (χ1v) is 15.0. The normalized spacial score (nSPS) is 45.8. The molecule has 0 saturated heterocycles. The summed E-state index contributed by atoms with van der Waals surface area (Å²) in [6, 6.07) is 6.31. The van der Waals surface area contributed by atoms with Crippen LogP contribution >= 0.6 is 15.9 Å². The Bertz CT molecular complexity index is 1440. The quantitative estimate of drug-likeness (QED) is 0.369. The lowest BCUT2D eigenvalue weighted by Crippen LogP contribution is -2.98. The lowest BCUT2D eigenvalue weighted by Gasteiger charge is -2.82. The van der Waals surface area contributed by atoms with Gasteiger partial charge in [0.15, 0.2) is 11.9 Å². The van der Waals surface area contributed by atoms with E-state index in [0.29, 0.717) is 0 Å². The van der Waals surface area contributed by atoms with Gasteiger partial charge in [0.05, 0.1) is 16.9 Å². The molecule has 6 rings (SSSR count). The molecule has 0 bridgehead atoms. The molecule has 42 heavy (non-hydrogen) atoms. The Morgan fingerprint density at radius 3 is 2.02 bits per heavy atom. The van der Waals surface area contributed by atoms with Gasteiger partial charge in [-0.3, -0.25) is 19.2 Å². The number of carbonyl (C=O) groups excluding carboxylic acids is 5. The molecular formula is C31H35BrO10. The highest BCUT2D eigenvalue weighted by atomic mass is 79.9. The zero-order valence-electron chi connectivity index (χ0n) is 24.3. The van der Waals surface area contributed by atoms with Gasteiger partial charge in [-0.1, -0.05) is 43.6 Å². The van der Waals surface area contributed by atoms with E-state index in [1.165, 1.54) is 26.0 Å². The molecule has 226 valence electrons. The summed E-state index contributed by atoms with van der Waals surface area (Å²) < 4.78 is 18.3. The molecule has 5 aliphatic rings. The van der Waals surface area contributed by atoms with Crippen LogP contribution in [-0.2, 0) is 33.4 Å². The summed E-state index contributed by atoms with van der Waals surface area (Å²) >= 11 is 3.33. The minimum atomic E-state index is -2.28. The average Bonchev–Trinajstić information content (AvgIpc) is 3.57. The molecule has 1 spiro atoms. The van der Waals surface area contributed by atoms with Crippen molar-refractivity contribution in [3.8, 4) is 0 Å². The Labute approximate surface area is 251 Å². The molecule has 5 fully saturated rings. The first-order chi connectivity index (χ1) is 19.4. The van der Waals surface area contributed by atoms with Crippen LogP contribution < -0.4 is 0 Å². The van der Waals surface area contributed by atoms with Gasteiger partial charge in [-0.15, -0.1) is 0 Å². The minimum Gasteiger partial charge on any atom is -0.458 e. The molecule has 1 aromatic rings. The molecule has 11 atom stereocenters. The van der Waals surface area contributed by atoms with E-state index in [4.69, 9.17) is 14.2 Å². The van der Waals surface area contributed by atoms with E-state index in [2.05, 4.69) is 15.9 Å². The van der Waals surface area contributed by atoms with Crippen molar-refractivity contribution in [1.82, 2.24) is 0 Å². The summed E-state index contributed by atoms with van der Waals surface area (Å²) in [6.07, 6.45) is -4.12. The summed E-state index contributed by atoms with van der Waals surface area (Å²) in [5.74, 6) is -6.79. The van der Waals surface area contributed by atoms with Gasteiger partial charge in [0.2, 0.25) is 0 Å². The first-order valence-electron chi connectivity index (χ1n) is 14.2. The number of fused-ring (bicyclic) bond motifs is 1. The third-order valence-corrected chi connectivity index (χ3v) is 12.1. The van der Waals surface area contributed by atoms with Crippen LogP contribution in [0.3, 0.4) is 0 Å². The molecule has 10 nitrogen and oxygen atoms in total. The van der Waals surface area contributed by atoms with Crippen LogP contribution in [0.5, 0.6) is 0 Å². The maximum atomic E-state index is 14.7. The van der Waals surface area contributed by atoms with Crippen molar-refractivity contribution in [3.63, 3.8) is 0 Å². The number of hydrogen-bond donors (Lipinski definition) is 2. The number of halogens is 1. The average molecular weight is 648 g/mol. The number of benzene rings is 1. The fourth-order valence-corrected chi connectivity index (χ4v) is 10.0.